The average Bonchev–Trinajstić information content (AvgIpc) is 2.26. The van der Waals surface area contributed by atoms with Crippen LogP contribution in [-0.2, 0) is 9.47 Å². The lowest BCUT2D eigenvalue weighted by molar-refractivity contribution is -0.326. The summed E-state index contributed by atoms with van der Waals surface area (Å²) in [5.41, 5.74) is 0.0988. The van der Waals surface area contributed by atoms with E-state index in [1.165, 1.54) is 0 Å². The normalized spacial score (nSPS) is 31.7. The summed E-state index contributed by atoms with van der Waals surface area (Å²) in [6, 6.07) is 0. The van der Waals surface area contributed by atoms with Crippen LogP contribution in [-0.4, -0.2) is 53.7 Å². The van der Waals surface area contributed by atoms with Gasteiger partial charge in [0.15, 0.2) is 5.79 Å². The van der Waals surface area contributed by atoms with E-state index in [9.17, 15) is 0 Å². The largest absolute Gasteiger partial charge is 0.396 e. The summed E-state index contributed by atoms with van der Waals surface area (Å²) in [6.45, 7) is 10.3. The molecule has 0 saturated carbocycles. The molecule has 2 heterocycles. The van der Waals surface area contributed by atoms with Gasteiger partial charge in [0.25, 0.3) is 0 Å². The molecule has 1 N–H and O–H groups in total. The van der Waals surface area contributed by atoms with Crippen LogP contribution in [0, 0.1) is 5.92 Å². The van der Waals surface area contributed by atoms with Crippen LogP contribution in [0.1, 0.15) is 40.5 Å². The van der Waals surface area contributed by atoms with Crippen molar-refractivity contribution in [3.63, 3.8) is 0 Å². The second-order valence-electron chi connectivity index (χ2n) is 7.12. The fourth-order valence-electron chi connectivity index (χ4n) is 3.38. The number of ether oxygens (including phenoxy) is 2. The van der Waals surface area contributed by atoms with Crippen molar-refractivity contribution in [2.45, 2.75) is 57.4 Å². The zero-order valence-electron chi connectivity index (χ0n) is 12.3. The maximum Gasteiger partial charge on any atom is 0.171 e. The van der Waals surface area contributed by atoms with Crippen LogP contribution in [0.4, 0.5) is 0 Å². The Bertz CT molecular complexity index is 286. The van der Waals surface area contributed by atoms with Crippen LogP contribution in [0.2, 0.25) is 0 Å². The van der Waals surface area contributed by atoms with Crippen molar-refractivity contribution in [1.29, 1.82) is 0 Å². The van der Waals surface area contributed by atoms with Gasteiger partial charge >= 0.3 is 0 Å². The van der Waals surface area contributed by atoms with Crippen LogP contribution in [0.5, 0.6) is 0 Å². The van der Waals surface area contributed by atoms with Gasteiger partial charge in [-0.15, -0.1) is 0 Å². The van der Waals surface area contributed by atoms with Crippen LogP contribution in [0.25, 0.3) is 0 Å². The standard InChI is InChI=1S/C14H27NO3/c1-12(2)9-14(10-13(3,4)15(12)5)17-7-11(6-16)8-18-14/h11,16H,6-10H2,1-5H3. The molecule has 0 aliphatic carbocycles. The first-order chi connectivity index (χ1) is 8.21. The van der Waals surface area contributed by atoms with Gasteiger partial charge in [-0.25, -0.2) is 0 Å². The summed E-state index contributed by atoms with van der Waals surface area (Å²) in [5, 5.41) is 9.16. The van der Waals surface area contributed by atoms with Crippen molar-refractivity contribution in [2.24, 2.45) is 5.92 Å². The van der Waals surface area contributed by atoms with E-state index in [1.807, 2.05) is 0 Å². The molecule has 0 radical (unpaired) electrons. The smallest absolute Gasteiger partial charge is 0.171 e. The number of hydrogen-bond donors (Lipinski definition) is 1. The third kappa shape index (κ3) is 2.44. The second kappa shape index (κ2) is 4.44. The van der Waals surface area contributed by atoms with Gasteiger partial charge in [0.1, 0.15) is 0 Å². The molecule has 2 aliphatic rings. The maximum absolute atomic E-state index is 9.16. The summed E-state index contributed by atoms with van der Waals surface area (Å²) in [5.74, 6) is -0.341. The number of hydrogen-bond acceptors (Lipinski definition) is 4. The van der Waals surface area contributed by atoms with Crippen molar-refractivity contribution in [2.75, 3.05) is 26.9 Å². The molecular weight excluding hydrogens is 230 g/mol. The molecular formula is C14H27NO3. The van der Waals surface area contributed by atoms with E-state index >= 15 is 0 Å². The molecule has 2 fully saturated rings. The minimum atomic E-state index is -0.467. The van der Waals surface area contributed by atoms with Crippen molar-refractivity contribution < 1.29 is 14.6 Å². The zero-order chi connectivity index (χ0) is 13.6. The Balaban J connectivity index is 2.16. The van der Waals surface area contributed by atoms with Crippen LogP contribution < -0.4 is 0 Å². The molecule has 0 aromatic rings. The van der Waals surface area contributed by atoms with E-state index in [-0.39, 0.29) is 23.6 Å². The van der Waals surface area contributed by atoms with E-state index in [0.717, 1.165) is 12.8 Å². The molecule has 18 heavy (non-hydrogen) atoms. The summed E-state index contributed by atoms with van der Waals surface area (Å²) in [7, 11) is 2.17. The second-order valence-corrected chi connectivity index (χ2v) is 7.12. The van der Waals surface area contributed by atoms with Gasteiger partial charge in [-0.3, -0.25) is 4.90 Å². The van der Waals surface area contributed by atoms with Gasteiger partial charge in [0.05, 0.1) is 19.8 Å². The Morgan fingerprint density at radius 2 is 1.50 bits per heavy atom. The fraction of sp³-hybridized carbons (Fsp3) is 1.00. The summed E-state index contributed by atoms with van der Waals surface area (Å²) < 4.78 is 12.0. The van der Waals surface area contributed by atoms with Crippen molar-refractivity contribution in [1.82, 2.24) is 4.90 Å². The summed E-state index contributed by atoms with van der Waals surface area (Å²) in [6.07, 6.45) is 1.75. The molecule has 2 rings (SSSR count). The first-order valence-corrected chi connectivity index (χ1v) is 6.84. The summed E-state index contributed by atoms with van der Waals surface area (Å²) in [4.78, 5) is 2.41. The number of likely N-dealkylation sites (tertiary alicyclic amines) is 1. The van der Waals surface area contributed by atoms with Gasteiger partial charge in [0.2, 0.25) is 0 Å². The molecule has 4 heteroatoms. The van der Waals surface area contributed by atoms with E-state index in [0.29, 0.717) is 13.2 Å². The Hall–Kier alpha value is -0.160. The summed E-state index contributed by atoms with van der Waals surface area (Å²) >= 11 is 0. The molecule has 1 spiro atoms. The van der Waals surface area contributed by atoms with E-state index < -0.39 is 5.79 Å². The molecule has 0 aromatic carbocycles. The third-order valence-electron chi connectivity index (χ3n) is 4.64. The van der Waals surface area contributed by atoms with Gasteiger partial charge in [0, 0.05) is 29.8 Å². The van der Waals surface area contributed by atoms with Crippen LogP contribution in [0.3, 0.4) is 0 Å². The molecule has 0 bridgehead atoms. The molecule has 0 aromatic heterocycles. The Kier molecular flexibility index (Phi) is 3.52. The first-order valence-electron chi connectivity index (χ1n) is 6.84. The quantitative estimate of drug-likeness (QED) is 0.775. The minimum Gasteiger partial charge on any atom is -0.396 e. The fourth-order valence-corrected chi connectivity index (χ4v) is 3.38. The molecule has 106 valence electrons. The van der Waals surface area contributed by atoms with Gasteiger partial charge < -0.3 is 14.6 Å². The predicted octanol–water partition coefficient (Wildman–Crippen LogP) is 1.62. The van der Waals surface area contributed by atoms with Gasteiger partial charge in [-0.05, 0) is 34.7 Å². The third-order valence-corrected chi connectivity index (χ3v) is 4.64. The minimum absolute atomic E-state index is 0.0494. The lowest BCUT2D eigenvalue weighted by Gasteiger charge is -2.58. The molecule has 0 atom stereocenters. The number of aliphatic hydroxyl groups is 1. The highest BCUT2D eigenvalue weighted by atomic mass is 16.7. The highest BCUT2D eigenvalue weighted by molar-refractivity contribution is 5.03. The first kappa shape index (κ1) is 14.3. The Morgan fingerprint density at radius 3 is 1.89 bits per heavy atom. The highest BCUT2D eigenvalue weighted by Crippen LogP contribution is 2.46. The van der Waals surface area contributed by atoms with Crippen molar-refractivity contribution in [3.05, 3.63) is 0 Å². The van der Waals surface area contributed by atoms with Crippen molar-refractivity contribution >= 4 is 0 Å². The lowest BCUT2D eigenvalue weighted by Crippen LogP contribution is -2.66. The number of nitrogens with zero attached hydrogens (tertiary/aromatic N) is 1. The van der Waals surface area contributed by atoms with E-state index in [4.69, 9.17) is 14.6 Å². The van der Waals surface area contributed by atoms with Gasteiger partial charge in [-0.2, -0.15) is 0 Å². The zero-order valence-corrected chi connectivity index (χ0v) is 12.3. The van der Waals surface area contributed by atoms with Gasteiger partial charge in [-0.1, -0.05) is 0 Å². The van der Waals surface area contributed by atoms with E-state index in [1.54, 1.807) is 0 Å². The lowest BCUT2D eigenvalue weighted by atomic mass is 9.76. The molecule has 4 nitrogen and oxygen atoms in total. The molecule has 0 amide bonds. The van der Waals surface area contributed by atoms with Crippen LogP contribution >= 0.6 is 0 Å². The molecule has 2 aliphatic heterocycles. The monoisotopic (exact) mass is 257 g/mol. The average molecular weight is 257 g/mol. The maximum atomic E-state index is 9.16. The number of rotatable bonds is 1. The number of aliphatic hydroxyl groups excluding tert-OH is 1. The SMILES string of the molecule is CN1C(C)(C)CC2(CC1(C)C)OCC(CO)CO2. The molecule has 0 unspecified atom stereocenters. The molecule has 2 saturated heterocycles. The Morgan fingerprint density at radius 1 is 1.06 bits per heavy atom. The Labute approximate surface area is 110 Å². The van der Waals surface area contributed by atoms with E-state index in [2.05, 4.69) is 39.6 Å². The van der Waals surface area contributed by atoms with Crippen LogP contribution in [0.15, 0.2) is 0 Å². The van der Waals surface area contributed by atoms with Crippen molar-refractivity contribution in [3.8, 4) is 0 Å². The number of piperidine rings is 1. The topological polar surface area (TPSA) is 41.9 Å². The predicted molar refractivity (Wildman–Crippen MR) is 70.4 cm³/mol. The highest BCUT2D eigenvalue weighted by Gasteiger charge is 2.53.